The summed E-state index contributed by atoms with van der Waals surface area (Å²) < 4.78 is 18.8. The molecule has 0 heterocycles. The zero-order valence-electron chi connectivity index (χ0n) is 15.6. The van der Waals surface area contributed by atoms with Crippen LogP contribution < -0.4 is 0 Å². The molecule has 1 aliphatic carbocycles. The van der Waals surface area contributed by atoms with Crippen molar-refractivity contribution in [1.82, 2.24) is 0 Å². The molecule has 2 aromatic carbocycles. The van der Waals surface area contributed by atoms with Gasteiger partial charge in [0.05, 0.1) is 6.61 Å². The van der Waals surface area contributed by atoms with Crippen LogP contribution in [-0.2, 0) is 20.7 Å². The highest BCUT2D eigenvalue weighted by Crippen LogP contribution is 2.40. The van der Waals surface area contributed by atoms with Gasteiger partial charge in [-0.1, -0.05) is 43.3 Å². The van der Waals surface area contributed by atoms with Crippen molar-refractivity contribution in [3.05, 3.63) is 77.1 Å². The van der Waals surface area contributed by atoms with Crippen molar-refractivity contribution in [2.45, 2.75) is 32.6 Å². The molecule has 4 heteroatoms. The van der Waals surface area contributed by atoms with Gasteiger partial charge < -0.3 is 4.74 Å². The van der Waals surface area contributed by atoms with E-state index in [1.165, 1.54) is 23.8 Å². The molecule has 2 aromatic rings. The van der Waals surface area contributed by atoms with Gasteiger partial charge in [-0.25, -0.2) is 4.39 Å². The first-order chi connectivity index (χ1) is 13.0. The Bertz CT molecular complexity index is 867. The van der Waals surface area contributed by atoms with E-state index in [1.807, 2.05) is 24.3 Å². The smallest absolute Gasteiger partial charge is 0.317 e. The average Bonchev–Trinajstić information content (AvgIpc) is 2.67. The third kappa shape index (κ3) is 4.16. The maximum absolute atomic E-state index is 13.6. The van der Waals surface area contributed by atoms with Crippen LogP contribution in [0.25, 0.3) is 5.57 Å². The molecule has 0 aliphatic heterocycles. The van der Waals surface area contributed by atoms with Crippen LogP contribution >= 0.6 is 0 Å². The van der Waals surface area contributed by atoms with E-state index in [2.05, 4.69) is 6.92 Å². The SMILES string of the molecule is CCOC(=O)C1C(=O)C=C(c2cccc(F)c2)CC1c1ccc(CC)cc1. The lowest BCUT2D eigenvalue weighted by Gasteiger charge is -2.29. The number of carbonyl (C=O) groups excluding carboxylic acids is 2. The molecule has 140 valence electrons. The molecular weight excluding hydrogens is 343 g/mol. The van der Waals surface area contributed by atoms with Crippen LogP contribution in [0.5, 0.6) is 0 Å². The van der Waals surface area contributed by atoms with E-state index in [4.69, 9.17) is 4.74 Å². The summed E-state index contributed by atoms with van der Waals surface area (Å²) >= 11 is 0. The molecule has 0 aromatic heterocycles. The second-order valence-electron chi connectivity index (χ2n) is 6.72. The zero-order chi connectivity index (χ0) is 19.4. The summed E-state index contributed by atoms with van der Waals surface area (Å²) in [6, 6.07) is 14.2. The van der Waals surface area contributed by atoms with Crippen molar-refractivity contribution in [3.8, 4) is 0 Å². The van der Waals surface area contributed by atoms with Gasteiger partial charge in [-0.3, -0.25) is 9.59 Å². The maximum atomic E-state index is 13.6. The first-order valence-electron chi connectivity index (χ1n) is 9.29. The van der Waals surface area contributed by atoms with Gasteiger partial charge in [-0.15, -0.1) is 0 Å². The van der Waals surface area contributed by atoms with Crippen molar-refractivity contribution in [2.75, 3.05) is 6.61 Å². The van der Waals surface area contributed by atoms with Crippen molar-refractivity contribution >= 4 is 17.3 Å². The Hall–Kier alpha value is -2.75. The highest BCUT2D eigenvalue weighted by atomic mass is 19.1. The number of rotatable bonds is 5. The summed E-state index contributed by atoms with van der Waals surface area (Å²) in [6.07, 6.45) is 2.86. The number of esters is 1. The second-order valence-corrected chi connectivity index (χ2v) is 6.72. The summed E-state index contributed by atoms with van der Waals surface area (Å²) in [5.41, 5.74) is 3.51. The van der Waals surface area contributed by atoms with E-state index in [9.17, 15) is 14.0 Å². The Morgan fingerprint density at radius 3 is 2.52 bits per heavy atom. The third-order valence-corrected chi connectivity index (χ3v) is 5.02. The molecule has 1 aliphatic rings. The van der Waals surface area contributed by atoms with E-state index >= 15 is 0 Å². The molecule has 2 atom stereocenters. The molecular formula is C23H23FO3. The fourth-order valence-corrected chi connectivity index (χ4v) is 3.59. The minimum Gasteiger partial charge on any atom is -0.465 e. The maximum Gasteiger partial charge on any atom is 0.317 e. The monoisotopic (exact) mass is 366 g/mol. The zero-order valence-corrected chi connectivity index (χ0v) is 15.6. The van der Waals surface area contributed by atoms with E-state index in [0.29, 0.717) is 12.0 Å². The minimum atomic E-state index is -0.866. The number of hydrogen-bond donors (Lipinski definition) is 0. The summed E-state index contributed by atoms with van der Waals surface area (Å²) in [5, 5.41) is 0. The highest BCUT2D eigenvalue weighted by molar-refractivity contribution is 6.10. The van der Waals surface area contributed by atoms with Crippen LogP contribution in [0.4, 0.5) is 4.39 Å². The molecule has 0 amide bonds. The highest BCUT2D eigenvalue weighted by Gasteiger charge is 2.39. The number of ether oxygens (including phenoxy) is 1. The number of carbonyl (C=O) groups is 2. The van der Waals surface area contributed by atoms with E-state index in [1.54, 1.807) is 19.1 Å². The molecule has 0 bridgehead atoms. The molecule has 3 rings (SSSR count). The fraction of sp³-hybridized carbons (Fsp3) is 0.304. The Labute approximate surface area is 158 Å². The molecule has 0 radical (unpaired) electrons. The topological polar surface area (TPSA) is 43.4 Å². The van der Waals surface area contributed by atoms with Gasteiger partial charge in [0, 0.05) is 5.92 Å². The predicted octanol–water partition coefficient (Wildman–Crippen LogP) is 4.71. The first-order valence-corrected chi connectivity index (χ1v) is 9.29. The third-order valence-electron chi connectivity index (χ3n) is 5.02. The van der Waals surface area contributed by atoms with Crippen molar-refractivity contribution < 1.29 is 18.7 Å². The molecule has 2 unspecified atom stereocenters. The van der Waals surface area contributed by atoms with Gasteiger partial charge in [-0.2, -0.15) is 0 Å². The van der Waals surface area contributed by atoms with Crippen LogP contribution in [-0.4, -0.2) is 18.4 Å². The van der Waals surface area contributed by atoms with Gasteiger partial charge in [0.25, 0.3) is 0 Å². The average molecular weight is 366 g/mol. The van der Waals surface area contributed by atoms with Gasteiger partial charge in [0.2, 0.25) is 0 Å². The molecule has 27 heavy (non-hydrogen) atoms. The number of benzene rings is 2. The van der Waals surface area contributed by atoms with E-state index in [0.717, 1.165) is 17.6 Å². The fourth-order valence-electron chi connectivity index (χ4n) is 3.59. The Balaban J connectivity index is 2.01. The second kappa shape index (κ2) is 8.30. The van der Waals surface area contributed by atoms with Crippen LogP contribution in [0.15, 0.2) is 54.6 Å². The van der Waals surface area contributed by atoms with Crippen molar-refractivity contribution in [2.24, 2.45) is 5.92 Å². The number of aryl methyl sites for hydroxylation is 1. The predicted molar refractivity (Wildman–Crippen MR) is 103 cm³/mol. The summed E-state index contributed by atoms with van der Waals surface area (Å²) in [5.74, 6) is -2.33. The number of hydrogen-bond acceptors (Lipinski definition) is 3. The van der Waals surface area contributed by atoms with Crippen LogP contribution in [0.2, 0.25) is 0 Å². The van der Waals surface area contributed by atoms with Crippen LogP contribution in [0.1, 0.15) is 42.9 Å². The van der Waals surface area contributed by atoms with Gasteiger partial charge >= 0.3 is 5.97 Å². The first kappa shape index (κ1) is 19.0. The standard InChI is InChI=1S/C23H23FO3/c1-3-15-8-10-16(11-9-15)20-13-18(17-6-5-7-19(24)12-17)14-21(25)22(20)23(26)27-4-2/h5-12,14,20,22H,3-4,13H2,1-2H3. The summed E-state index contributed by atoms with van der Waals surface area (Å²) in [7, 11) is 0. The van der Waals surface area contributed by atoms with Gasteiger partial charge in [0.15, 0.2) is 5.78 Å². The molecule has 0 N–H and O–H groups in total. The van der Waals surface area contributed by atoms with Gasteiger partial charge in [0.1, 0.15) is 11.7 Å². The minimum absolute atomic E-state index is 0.227. The lowest BCUT2D eigenvalue weighted by molar-refractivity contribution is -0.151. The van der Waals surface area contributed by atoms with E-state index < -0.39 is 11.9 Å². The largest absolute Gasteiger partial charge is 0.465 e. The number of ketones is 1. The summed E-state index contributed by atoms with van der Waals surface area (Å²) in [6.45, 7) is 4.03. The molecule has 3 nitrogen and oxygen atoms in total. The van der Waals surface area contributed by atoms with Crippen LogP contribution in [0, 0.1) is 11.7 Å². The lowest BCUT2D eigenvalue weighted by atomic mass is 9.73. The molecule has 0 fully saturated rings. The van der Waals surface area contributed by atoms with E-state index in [-0.39, 0.29) is 24.1 Å². The Morgan fingerprint density at radius 2 is 1.89 bits per heavy atom. The summed E-state index contributed by atoms with van der Waals surface area (Å²) in [4.78, 5) is 25.3. The number of allylic oxidation sites excluding steroid dienone is 2. The Morgan fingerprint density at radius 1 is 1.15 bits per heavy atom. The van der Waals surface area contributed by atoms with Crippen LogP contribution in [0.3, 0.4) is 0 Å². The molecule has 0 saturated carbocycles. The number of halogens is 1. The Kier molecular flexibility index (Phi) is 5.84. The van der Waals surface area contributed by atoms with Gasteiger partial charge in [-0.05, 0) is 60.2 Å². The normalized spacial score (nSPS) is 19.5. The molecule has 0 spiro atoms. The van der Waals surface area contributed by atoms with Crippen molar-refractivity contribution in [3.63, 3.8) is 0 Å². The lowest BCUT2D eigenvalue weighted by Crippen LogP contribution is -2.34. The molecule has 0 saturated heterocycles. The quantitative estimate of drug-likeness (QED) is 0.569. The van der Waals surface area contributed by atoms with Crippen molar-refractivity contribution in [1.29, 1.82) is 0 Å².